The number of piperazine rings is 1. The highest BCUT2D eigenvalue weighted by molar-refractivity contribution is 6.32. The van der Waals surface area contributed by atoms with Crippen LogP contribution in [0.25, 0.3) is 0 Å². The number of nitrogens with zero attached hydrogens (tertiary/aromatic N) is 1. The van der Waals surface area contributed by atoms with Crippen molar-refractivity contribution in [1.82, 2.24) is 10.2 Å². The van der Waals surface area contributed by atoms with Crippen molar-refractivity contribution in [3.8, 4) is 11.5 Å². The van der Waals surface area contributed by atoms with E-state index in [4.69, 9.17) is 16.3 Å². The Morgan fingerprint density at radius 1 is 1.27 bits per heavy atom. The van der Waals surface area contributed by atoms with Gasteiger partial charge in [0.05, 0.1) is 12.1 Å². The van der Waals surface area contributed by atoms with Crippen LogP contribution in [0.2, 0.25) is 5.02 Å². The predicted molar refractivity (Wildman–Crippen MR) is 88.8 cm³/mol. The highest BCUT2D eigenvalue weighted by Crippen LogP contribution is 2.44. The Morgan fingerprint density at radius 3 is 2.59 bits per heavy atom. The number of aromatic hydroxyl groups is 1. The summed E-state index contributed by atoms with van der Waals surface area (Å²) in [5.74, 6) is 1.18. The van der Waals surface area contributed by atoms with Gasteiger partial charge in [0.1, 0.15) is 0 Å². The number of phenolic OH excluding ortho intramolecular Hbond substituents is 1. The molecule has 3 rings (SSSR count). The molecule has 0 spiro atoms. The van der Waals surface area contributed by atoms with Crippen LogP contribution in [0.4, 0.5) is 0 Å². The topological polar surface area (TPSA) is 44.7 Å². The fourth-order valence-corrected chi connectivity index (χ4v) is 4.15. The lowest BCUT2D eigenvalue weighted by atomic mass is 9.89. The Hall–Kier alpha value is -0.970. The standard InChI is InChI=1S/C17H25ClN2O2/c1-22-15-11-13(10-14(18)17(15)21)16(12-4-2-3-5-12)20-8-6-19-7-9-20/h10-12,16,19,21H,2-9H2,1H3/t16-/m1/s1. The molecule has 1 aliphatic carbocycles. The minimum absolute atomic E-state index is 0.0402. The summed E-state index contributed by atoms with van der Waals surface area (Å²) in [6.45, 7) is 4.18. The van der Waals surface area contributed by atoms with Crippen LogP contribution < -0.4 is 10.1 Å². The van der Waals surface area contributed by atoms with Crippen LogP contribution in [0.5, 0.6) is 11.5 Å². The second kappa shape index (κ2) is 7.07. The van der Waals surface area contributed by atoms with Crippen molar-refractivity contribution in [2.45, 2.75) is 31.7 Å². The number of benzene rings is 1. The Bertz CT molecular complexity index is 512. The van der Waals surface area contributed by atoms with Crippen molar-refractivity contribution in [3.63, 3.8) is 0 Å². The molecule has 1 aromatic rings. The minimum Gasteiger partial charge on any atom is -0.503 e. The maximum atomic E-state index is 10.00. The van der Waals surface area contributed by atoms with Gasteiger partial charge in [0.25, 0.3) is 0 Å². The predicted octanol–water partition coefficient (Wildman–Crippen LogP) is 3.19. The van der Waals surface area contributed by atoms with Crippen LogP contribution in [-0.2, 0) is 0 Å². The molecule has 1 aromatic carbocycles. The molecular formula is C17H25ClN2O2. The maximum Gasteiger partial charge on any atom is 0.176 e. The fourth-order valence-electron chi connectivity index (χ4n) is 3.93. The lowest BCUT2D eigenvalue weighted by Gasteiger charge is -2.39. The first-order chi connectivity index (χ1) is 10.7. The number of methoxy groups -OCH3 is 1. The Morgan fingerprint density at radius 2 is 1.95 bits per heavy atom. The summed E-state index contributed by atoms with van der Waals surface area (Å²) in [5.41, 5.74) is 1.17. The minimum atomic E-state index is 0.0402. The van der Waals surface area contributed by atoms with E-state index in [1.807, 2.05) is 12.1 Å². The first-order valence-corrected chi connectivity index (χ1v) is 8.59. The van der Waals surface area contributed by atoms with E-state index in [0.717, 1.165) is 26.2 Å². The van der Waals surface area contributed by atoms with E-state index in [1.165, 1.54) is 31.2 Å². The summed E-state index contributed by atoms with van der Waals surface area (Å²) >= 11 is 6.23. The molecule has 1 heterocycles. The third kappa shape index (κ3) is 3.19. The third-order valence-electron chi connectivity index (χ3n) is 5.00. The molecule has 122 valence electrons. The van der Waals surface area contributed by atoms with Crippen LogP contribution in [0.1, 0.15) is 37.3 Å². The Labute approximate surface area is 137 Å². The zero-order valence-electron chi connectivity index (χ0n) is 13.1. The SMILES string of the molecule is COc1cc([C@@H](C2CCCC2)N2CCNCC2)cc(Cl)c1O. The van der Waals surface area contributed by atoms with Crippen molar-refractivity contribution in [2.24, 2.45) is 5.92 Å². The van der Waals surface area contributed by atoms with Gasteiger partial charge in [0, 0.05) is 32.2 Å². The van der Waals surface area contributed by atoms with Crippen molar-refractivity contribution in [3.05, 3.63) is 22.7 Å². The van der Waals surface area contributed by atoms with Gasteiger partial charge in [-0.1, -0.05) is 24.4 Å². The molecule has 5 heteroatoms. The summed E-state index contributed by atoms with van der Waals surface area (Å²) in [4.78, 5) is 2.56. The van der Waals surface area contributed by atoms with Crippen molar-refractivity contribution < 1.29 is 9.84 Å². The van der Waals surface area contributed by atoms with Crippen LogP contribution in [-0.4, -0.2) is 43.3 Å². The molecule has 0 amide bonds. The summed E-state index contributed by atoms with van der Waals surface area (Å²) in [7, 11) is 1.57. The molecule has 1 saturated heterocycles. The van der Waals surface area contributed by atoms with Crippen molar-refractivity contribution in [1.29, 1.82) is 0 Å². The molecule has 0 bridgehead atoms. The number of phenols is 1. The second-order valence-corrected chi connectivity index (χ2v) is 6.74. The normalized spacial score (nSPS) is 21.9. The molecule has 0 aromatic heterocycles. The van der Waals surface area contributed by atoms with Gasteiger partial charge in [-0.25, -0.2) is 0 Å². The van der Waals surface area contributed by atoms with E-state index in [1.54, 1.807) is 7.11 Å². The average molecular weight is 325 g/mol. The van der Waals surface area contributed by atoms with Crippen molar-refractivity contribution in [2.75, 3.05) is 33.3 Å². The van der Waals surface area contributed by atoms with Gasteiger partial charge in [0.15, 0.2) is 11.5 Å². The number of rotatable bonds is 4. The van der Waals surface area contributed by atoms with E-state index in [9.17, 15) is 5.11 Å². The van der Waals surface area contributed by atoms with Gasteiger partial charge in [-0.15, -0.1) is 0 Å². The zero-order valence-corrected chi connectivity index (χ0v) is 13.9. The molecule has 1 aliphatic heterocycles. The van der Waals surface area contributed by atoms with Crippen LogP contribution in [0.15, 0.2) is 12.1 Å². The summed E-state index contributed by atoms with van der Waals surface area (Å²) < 4.78 is 5.30. The van der Waals surface area contributed by atoms with Gasteiger partial charge >= 0.3 is 0 Å². The fraction of sp³-hybridized carbons (Fsp3) is 0.647. The molecule has 2 aliphatic rings. The second-order valence-electron chi connectivity index (χ2n) is 6.33. The van der Waals surface area contributed by atoms with E-state index >= 15 is 0 Å². The van der Waals surface area contributed by atoms with Gasteiger partial charge in [0.2, 0.25) is 0 Å². The maximum absolute atomic E-state index is 10.00. The smallest absolute Gasteiger partial charge is 0.176 e. The number of hydrogen-bond donors (Lipinski definition) is 2. The molecule has 2 fully saturated rings. The molecular weight excluding hydrogens is 300 g/mol. The lowest BCUT2D eigenvalue weighted by Crippen LogP contribution is -2.46. The molecule has 1 saturated carbocycles. The number of hydrogen-bond acceptors (Lipinski definition) is 4. The molecule has 22 heavy (non-hydrogen) atoms. The van der Waals surface area contributed by atoms with Crippen LogP contribution >= 0.6 is 11.6 Å². The van der Waals surface area contributed by atoms with E-state index in [-0.39, 0.29) is 5.75 Å². The van der Waals surface area contributed by atoms with E-state index < -0.39 is 0 Å². The van der Waals surface area contributed by atoms with E-state index in [2.05, 4.69) is 10.2 Å². The first-order valence-electron chi connectivity index (χ1n) is 8.22. The largest absolute Gasteiger partial charge is 0.503 e. The molecule has 2 N–H and O–H groups in total. The first kappa shape index (κ1) is 15.9. The van der Waals surface area contributed by atoms with E-state index in [0.29, 0.717) is 22.7 Å². The molecule has 1 atom stereocenters. The molecule has 4 nitrogen and oxygen atoms in total. The quantitative estimate of drug-likeness (QED) is 0.893. The zero-order chi connectivity index (χ0) is 15.5. The Balaban J connectivity index is 1.95. The highest BCUT2D eigenvalue weighted by atomic mass is 35.5. The third-order valence-corrected chi connectivity index (χ3v) is 5.29. The Kier molecular flexibility index (Phi) is 5.11. The highest BCUT2D eigenvalue weighted by Gasteiger charge is 2.32. The summed E-state index contributed by atoms with van der Waals surface area (Å²) in [6, 6.07) is 4.26. The summed E-state index contributed by atoms with van der Waals surface area (Å²) in [6.07, 6.45) is 5.18. The average Bonchev–Trinajstić information content (AvgIpc) is 3.06. The monoisotopic (exact) mass is 324 g/mol. The van der Waals surface area contributed by atoms with Crippen LogP contribution in [0, 0.1) is 5.92 Å². The number of ether oxygens (including phenoxy) is 1. The van der Waals surface area contributed by atoms with Gasteiger partial charge in [-0.3, -0.25) is 4.90 Å². The van der Waals surface area contributed by atoms with Gasteiger partial charge < -0.3 is 15.2 Å². The van der Waals surface area contributed by atoms with Gasteiger partial charge in [-0.05, 0) is 36.5 Å². The number of nitrogens with one attached hydrogen (secondary N) is 1. The molecule has 0 unspecified atom stereocenters. The van der Waals surface area contributed by atoms with Gasteiger partial charge in [-0.2, -0.15) is 0 Å². The van der Waals surface area contributed by atoms with Crippen molar-refractivity contribution >= 4 is 11.6 Å². The summed E-state index contributed by atoms with van der Waals surface area (Å²) in [5, 5.41) is 13.8. The van der Waals surface area contributed by atoms with Crippen LogP contribution in [0.3, 0.4) is 0 Å². The lowest BCUT2D eigenvalue weighted by molar-refractivity contribution is 0.125. The number of halogens is 1. The molecule has 0 radical (unpaired) electrons.